The van der Waals surface area contributed by atoms with Crippen molar-refractivity contribution < 1.29 is 14.6 Å². The second-order valence-electron chi connectivity index (χ2n) is 4.49. The molecule has 0 fully saturated rings. The monoisotopic (exact) mass is 248 g/mol. The van der Waals surface area contributed by atoms with Gasteiger partial charge in [0.15, 0.2) is 0 Å². The van der Waals surface area contributed by atoms with E-state index in [0.29, 0.717) is 6.61 Å². The van der Waals surface area contributed by atoms with Gasteiger partial charge in [-0.15, -0.1) is 0 Å². The standard InChI is InChI=1S/C15H20O3/c1-2-8-18-14-7-3-5-12(10-14)15(16)13-6-4-9-17-11-13/h3,5,7,10-11,15-16H,2,4,6,8-9H2,1H3. The summed E-state index contributed by atoms with van der Waals surface area (Å²) in [4.78, 5) is 0. The van der Waals surface area contributed by atoms with E-state index in [-0.39, 0.29) is 0 Å². The van der Waals surface area contributed by atoms with Crippen LogP contribution in [0.2, 0.25) is 0 Å². The molecule has 2 rings (SSSR count). The Bertz CT molecular complexity index is 412. The first-order chi connectivity index (χ1) is 8.81. The van der Waals surface area contributed by atoms with E-state index in [2.05, 4.69) is 6.92 Å². The van der Waals surface area contributed by atoms with Crippen LogP contribution in [-0.2, 0) is 4.74 Å². The summed E-state index contributed by atoms with van der Waals surface area (Å²) >= 11 is 0. The average molecular weight is 248 g/mol. The zero-order valence-corrected chi connectivity index (χ0v) is 10.8. The van der Waals surface area contributed by atoms with Crippen molar-refractivity contribution in [2.75, 3.05) is 13.2 Å². The third kappa shape index (κ3) is 3.26. The number of aliphatic hydroxyl groups is 1. The molecule has 1 heterocycles. The van der Waals surface area contributed by atoms with Crippen molar-refractivity contribution in [2.45, 2.75) is 32.3 Å². The molecule has 1 aromatic carbocycles. The molecule has 18 heavy (non-hydrogen) atoms. The predicted octanol–water partition coefficient (Wildman–Crippen LogP) is 3.20. The second kappa shape index (κ2) is 6.45. The summed E-state index contributed by atoms with van der Waals surface area (Å²) in [6.07, 6.45) is 3.94. The first-order valence-electron chi connectivity index (χ1n) is 6.52. The summed E-state index contributed by atoms with van der Waals surface area (Å²) in [6, 6.07) is 7.64. The molecule has 1 aliphatic rings. The van der Waals surface area contributed by atoms with E-state index in [9.17, 15) is 5.11 Å². The zero-order valence-electron chi connectivity index (χ0n) is 10.8. The van der Waals surface area contributed by atoms with E-state index in [0.717, 1.165) is 42.8 Å². The van der Waals surface area contributed by atoms with Crippen LogP contribution >= 0.6 is 0 Å². The lowest BCUT2D eigenvalue weighted by atomic mass is 9.98. The molecule has 3 nitrogen and oxygen atoms in total. The number of aliphatic hydroxyl groups excluding tert-OH is 1. The van der Waals surface area contributed by atoms with Crippen molar-refractivity contribution in [3.63, 3.8) is 0 Å². The minimum absolute atomic E-state index is 0.588. The quantitative estimate of drug-likeness (QED) is 0.869. The van der Waals surface area contributed by atoms with Crippen LogP contribution in [0.3, 0.4) is 0 Å². The van der Waals surface area contributed by atoms with Gasteiger partial charge in [-0.05, 0) is 42.5 Å². The Morgan fingerprint density at radius 1 is 1.44 bits per heavy atom. The van der Waals surface area contributed by atoms with Gasteiger partial charge in [0, 0.05) is 0 Å². The van der Waals surface area contributed by atoms with Gasteiger partial charge in [-0.25, -0.2) is 0 Å². The Labute approximate surface area is 108 Å². The SMILES string of the molecule is CCCOc1cccc(C(O)C2=COCCC2)c1. The summed E-state index contributed by atoms with van der Waals surface area (Å²) in [6.45, 7) is 3.52. The van der Waals surface area contributed by atoms with E-state index >= 15 is 0 Å². The Morgan fingerprint density at radius 2 is 2.33 bits per heavy atom. The molecular formula is C15H20O3. The molecule has 0 bridgehead atoms. The van der Waals surface area contributed by atoms with E-state index in [1.807, 2.05) is 24.3 Å². The third-order valence-corrected chi connectivity index (χ3v) is 2.96. The first kappa shape index (κ1) is 13.0. The molecule has 0 aliphatic carbocycles. The summed E-state index contributed by atoms with van der Waals surface area (Å²) in [5.74, 6) is 0.811. The van der Waals surface area contributed by atoms with E-state index in [1.54, 1.807) is 6.26 Å². The molecule has 1 N–H and O–H groups in total. The maximum absolute atomic E-state index is 10.3. The fraction of sp³-hybridized carbons (Fsp3) is 0.467. The molecule has 0 saturated carbocycles. The topological polar surface area (TPSA) is 38.7 Å². The zero-order chi connectivity index (χ0) is 12.8. The highest BCUT2D eigenvalue weighted by atomic mass is 16.5. The van der Waals surface area contributed by atoms with E-state index in [4.69, 9.17) is 9.47 Å². The van der Waals surface area contributed by atoms with Crippen LogP contribution in [0.1, 0.15) is 37.9 Å². The highest BCUT2D eigenvalue weighted by molar-refractivity contribution is 5.33. The Hall–Kier alpha value is -1.48. The van der Waals surface area contributed by atoms with Gasteiger partial charge < -0.3 is 14.6 Å². The Balaban J connectivity index is 2.09. The molecule has 0 saturated heterocycles. The molecule has 0 radical (unpaired) electrons. The van der Waals surface area contributed by atoms with Gasteiger partial charge in [0.1, 0.15) is 11.9 Å². The lowest BCUT2D eigenvalue weighted by Gasteiger charge is -2.19. The molecule has 1 aliphatic heterocycles. The molecule has 0 spiro atoms. The highest BCUT2D eigenvalue weighted by Crippen LogP contribution is 2.29. The van der Waals surface area contributed by atoms with Crippen LogP contribution < -0.4 is 4.74 Å². The summed E-state index contributed by atoms with van der Waals surface area (Å²) in [7, 11) is 0. The minimum atomic E-state index is -0.588. The van der Waals surface area contributed by atoms with Crippen LogP contribution in [0.15, 0.2) is 36.1 Å². The maximum Gasteiger partial charge on any atom is 0.119 e. The summed E-state index contributed by atoms with van der Waals surface area (Å²) in [5.41, 5.74) is 1.80. The van der Waals surface area contributed by atoms with Crippen LogP contribution in [0.4, 0.5) is 0 Å². The van der Waals surface area contributed by atoms with Gasteiger partial charge >= 0.3 is 0 Å². The van der Waals surface area contributed by atoms with Gasteiger partial charge in [-0.3, -0.25) is 0 Å². The number of hydrogen-bond donors (Lipinski definition) is 1. The number of ether oxygens (including phenoxy) is 2. The Morgan fingerprint density at radius 3 is 3.06 bits per heavy atom. The number of rotatable bonds is 5. The number of benzene rings is 1. The maximum atomic E-state index is 10.3. The fourth-order valence-electron chi connectivity index (χ4n) is 1.99. The molecule has 1 aromatic rings. The molecule has 1 unspecified atom stereocenters. The third-order valence-electron chi connectivity index (χ3n) is 2.96. The molecule has 1 atom stereocenters. The fourth-order valence-corrected chi connectivity index (χ4v) is 1.99. The van der Waals surface area contributed by atoms with Gasteiger partial charge in [-0.1, -0.05) is 19.1 Å². The van der Waals surface area contributed by atoms with Gasteiger partial charge in [-0.2, -0.15) is 0 Å². The van der Waals surface area contributed by atoms with Crippen LogP contribution in [0.25, 0.3) is 0 Å². The Kier molecular flexibility index (Phi) is 4.65. The summed E-state index contributed by atoms with van der Waals surface area (Å²) < 4.78 is 10.8. The number of hydrogen-bond acceptors (Lipinski definition) is 3. The van der Waals surface area contributed by atoms with E-state index < -0.39 is 6.10 Å². The van der Waals surface area contributed by atoms with Crippen LogP contribution in [0, 0.1) is 0 Å². The van der Waals surface area contributed by atoms with Gasteiger partial charge in [0.25, 0.3) is 0 Å². The largest absolute Gasteiger partial charge is 0.501 e. The second-order valence-corrected chi connectivity index (χ2v) is 4.49. The lowest BCUT2D eigenvalue weighted by Crippen LogP contribution is -2.08. The van der Waals surface area contributed by atoms with Crippen LogP contribution in [-0.4, -0.2) is 18.3 Å². The van der Waals surface area contributed by atoms with Crippen molar-refractivity contribution in [1.82, 2.24) is 0 Å². The van der Waals surface area contributed by atoms with Crippen molar-refractivity contribution in [3.8, 4) is 5.75 Å². The average Bonchev–Trinajstić information content (AvgIpc) is 2.45. The van der Waals surface area contributed by atoms with Gasteiger partial charge in [0.05, 0.1) is 19.5 Å². The molecular weight excluding hydrogens is 228 g/mol. The highest BCUT2D eigenvalue weighted by Gasteiger charge is 2.16. The molecule has 3 heteroatoms. The lowest BCUT2D eigenvalue weighted by molar-refractivity contribution is 0.170. The smallest absolute Gasteiger partial charge is 0.119 e. The van der Waals surface area contributed by atoms with Crippen LogP contribution in [0.5, 0.6) is 5.75 Å². The van der Waals surface area contributed by atoms with Crippen molar-refractivity contribution >= 4 is 0 Å². The minimum Gasteiger partial charge on any atom is -0.501 e. The van der Waals surface area contributed by atoms with Gasteiger partial charge in [0.2, 0.25) is 0 Å². The first-order valence-corrected chi connectivity index (χ1v) is 6.52. The molecule has 98 valence electrons. The van der Waals surface area contributed by atoms with Crippen molar-refractivity contribution in [1.29, 1.82) is 0 Å². The molecule has 0 amide bonds. The van der Waals surface area contributed by atoms with Crippen molar-refractivity contribution in [2.24, 2.45) is 0 Å². The predicted molar refractivity (Wildman–Crippen MR) is 70.5 cm³/mol. The van der Waals surface area contributed by atoms with E-state index in [1.165, 1.54) is 0 Å². The normalized spacial score (nSPS) is 16.7. The summed E-state index contributed by atoms with van der Waals surface area (Å²) in [5, 5.41) is 10.3. The molecule has 0 aromatic heterocycles. The van der Waals surface area contributed by atoms with Crippen molar-refractivity contribution in [3.05, 3.63) is 41.7 Å².